The van der Waals surface area contributed by atoms with Crippen molar-refractivity contribution in [2.75, 3.05) is 38.7 Å². The van der Waals surface area contributed by atoms with Gasteiger partial charge in [0.25, 0.3) is 0 Å². The highest BCUT2D eigenvalue weighted by Crippen LogP contribution is 2.22. The first-order valence-electron chi connectivity index (χ1n) is 7.63. The molecule has 0 radical (unpaired) electrons. The number of hydrogen-bond acceptors (Lipinski definition) is 5. The molecular weight excluding hydrogens is 294 g/mol. The number of anilines is 1. The number of nitrogens with zero attached hydrogens (tertiary/aromatic N) is 5. The van der Waals surface area contributed by atoms with Crippen LogP contribution in [0.5, 0.6) is 0 Å². The topological polar surface area (TPSA) is 63.5 Å². The van der Waals surface area contributed by atoms with Gasteiger partial charge in [-0.2, -0.15) is 5.10 Å². The summed E-state index contributed by atoms with van der Waals surface area (Å²) in [7, 11) is 3.95. The van der Waals surface area contributed by atoms with Crippen molar-refractivity contribution in [3.63, 3.8) is 0 Å². The highest BCUT2D eigenvalue weighted by Gasteiger charge is 2.26. The van der Waals surface area contributed by atoms with Crippen LogP contribution in [-0.4, -0.2) is 59.4 Å². The second-order valence-electron chi connectivity index (χ2n) is 5.74. The number of pyridine rings is 1. The molecule has 1 atom stereocenters. The number of hydrogen-bond donors (Lipinski definition) is 0. The monoisotopic (exact) mass is 315 g/mol. The third-order valence-corrected chi connectivity index (χ3v) is 3.89. The van der Waals surface area contributed by atoms with Crippen molar-refractivity contribution in [1.82, 2.24) is 19.7 Å². The fourth-order valence-corrected chi connectivity index (χ4v) is 2.54. The summed E-state index contributed by atoms with van der Waals surface area (Å²) < 4.78 is 7.42. The van der Waals surface area contributed by atoms with E-state index in [-0.39, 0.29) is 18.6 Å². The van der Waals surface area contributed by atoms with Crippen molar-refractivity contribution in [3.05, 3.63) is 42.5 Å². The summed E-state index contributed by atoms with van der Waals surface area (Å²) in [6.45, 7) is 1.90. The Morgan fingerprint density at radius 1 is 1.43 bits per heavy atom. The quantitative estimate of drug-likeness (QED) is 0.840. The van der Waals surface area contributed by atoms with E-state index in [4.69, 9.17) is 4.74 Å². The fraction of sp³-hybridized carbons (Fsp3) is 0.438. The van der Waals surface area contributed by atoms with E-state index >= 15 is 0 Å². The minimum absolute atomic E-state index is 0.0481. The van der Waals surface area contributed by atoms with Crippen molar-refractivity contribution < 1.29 is 9.53 Å². The lowest BCUT2D eigenvalue weighted by molar-refractivity contribution is -0.140. The first-order chi connectivity index (χ1) is 11.1. The second kappa shape index (κ2) is 6.78. The Labute approximate surface area is 135 Å². The molecular formula is C16H21N5O2. The van der Waals surface area contributed by atoms with Gasteiger partial charge >= 0.3 is 0 Å². The van der Waals surface area contributed by atoms with Gasteiger partial charge in [-0.1, -0.05) is 0 Å². The first kappa shape index (κ1) is 15.5. The van der Waals surface area contributed by atoms with Crippen molar-refractivity contribution in [3.8, 4) is 0 Å². The van der Waals surface area contributed by atoms with Crippen LogP contribution in [0, 0.1) is 0 Å². The minimum atomic E-state index is -0.179. The molecule has 3 rings (SSSR count). The predicted octanol–water partition coefficient (Wildman–Crippen LogP) is 0.944. The molecule has 1 aliphatic heterocycles. The molecule has 7 nitrogen and oxygen atoms in total. The van der Waals surface area contributed by atoms with Crippen LogP contribution >= 0.6 is 0 Å². The number of morpholine rings is 1. The Bertz CT molecular complexity index is 639. The van der Waals surface area contributed by atoms with Gasteiger partial charge in [0.2, 0.25) is 5.91 Å². The predicted molar refractivity (Wildman–Crippen MR) is 86.1 cm³/mol. The molecule has 122 valence electrons. The molecule has 2 aromatic rings. The highest BCUT2D eigenvalue weighted by atomic mass is 16.5. The molecule has 1 amide bonds. The lowest BCUT2D eigenvalue weighted by Crippen LogP contribution is -2.43. The van der Waals surface area contributed by atoms with Crippen LogP contribution in [0.25, 0.3) is 0 Å². The maximum absolute atomic E-state index is 12.4. The van der Waals surface area contributed by atoms with Gasteiger partial charge in [0.05, 0.1) is 30.7 Å². The molecule has 0 spiro atoms. The number of ether oxygens (including phenoxy) is 1. The van der Waals surface area contributed by atoms with Crippen LogP contribution in [0.4, 0.5) is 5.69 Å². The molecule has 1 aliphatic rings. The molecule has 0 bridgehead atoms. The lowest BCUT2D eigenvalue weighted by Gasteiger charge is -2.32. The number of carbonyl (C=O) groups is 1. The Balaban J connectivity index is 1.64. The van der Waals surface area contributed by atoms with Gasteiger partial charge in [-0.15, -0.1) is 0 Å². The SMILES string of the molecule is CN(C)c1ccc(C2CN(C(=O)Cn3cccn3)CCO2)nc1. The maximum Gasteiger partial charge on any atom is 0.244 e. The molecule has 0 aliphatic carbocycles. The Morgan fingerprint density at radius 3 is 2.96 bits per heavy atom. The Kier molecular flexibility index (Phi) is 4.57. The van der Waals surface area contributed by atoms with Crippen LogP contribution in [0.1, 0.15) is 11.8 Å². The summed E-state index contributed by atoms with van der Waals surface area (Å²) in [5.74, 6) is 0.0481. The van der Waals surface area contributed by atoms with Crippen molar-refractivity contribution >= 4 is 11.6 Å². The van der Waals surface area contributed by atoms with E-state index in [1.807, 2.05) is 48.3 Å². The summed E-state index contributed by atoms with van der Waals surface area (Å²) in [6.07, 6.45) is 5.10. The molecule has 1 unspecified atom stereocenters. The van der Waals surface area contributed by atoms with Gasteiger partial charge in [-0.3, -0.25) is 14.5 Å². The third kappa shape index (κ3) is 3.68. The number of aromatic nitrogens is 3. The second-order valence-corrected chi connectivity index (χ2v) is 5.74. The third-order valence-electron chi connectivity index (χ3n) is 3.89. The lowest BCUT2D eigenvalue weighted by atomic mass is 10.1. The maximum atomic E-state index is 12.4. The molecule has 0 saturated carbocycles. The van der Waals surface area contributed by atoms with Gasteiger partial charge in [0.15, 0.2) is 0 Å². The zero-order chi connectivity index (χ0) is 16.2. The molecule has 0 N–H and O–H groups in total. The first-order valence-corrected chi connectivity index (χ1v) is 7.63. The molecule has 23 heavy (non-hydrogen) atoms. The summed E-state index contributed by atoms with van der Waals surface area (Å²) in [6, 6.07) is 5.78. The van der Waals surface area contributed by atoms with Gasteiger partial charge in [0.1, 0.15) is 12.6 Å². The largest absolute Gasteiger partial charge is 0.376 e. The van der Waals surface area contributed by atoms with Gasteiger partial charge in [-0.05, 0) is 18.2 Å². The van der Waals surface area contributed by atoms with Crippen LogP contribution in [-0.2, 0) is 16.1 Å². The van der Waals surface area contributed by atoms with Gasteiger partial charge in [0, 0.05) is 33.0 Å². The average Bonchev–Trinajstić information content (AvgIpc) is 3.08. The minimum Gasteiger partial charge on any atom is -0.376 e. The fourth-order valence-electron chi connectivity index (χ4n) is 2.54. The molecule has 1 saturated heterocycles. The van der Waals surface area contributed by atoms with E-state index in [1.165, 1.54) is 0 Å². The molecule has 2 aromatic heterocycles. The van der Waals surface area contributed by atoms with Crippen molar-refractivity contribution in [2.45, 2.75) is 12.6 Å². The summed E-state index contributed by atoms with van der Waals surface area (Å²) in [4.78, 5) is 20.7. The Hall–Kier alpha value is -2.41. The van der Waals surface area contributed by atoms with E-state index in [0.717, 1.165) is 11.4 Å². The number of rotatable bonds is 4. The van der Waals surface area contributed by atoms with Crippen molar-refractivity contribution in [2.24, 2.45) is 0 Å². The molecule has 3 heterocycles. The van der Waals surface area contributed by atoms with E-state index in [2.05, 4.69) is 10.1 Å². The number of carbonyl (C=O) groups excluding carboxylic acids is 1. The van der Waals surface area contributed by atoms with E-state index in [1.54, 1.807) is 17.1 Å². The average molecular weight is 315 g/mol. The standard InChI is InChI=1S/C16H21N5O2/c1-19(2)13-4-5-14(17-10-13)15-11-20(8-9-23-15)16(22)12-21-7-3-6-18-21/h3-7,10,15H,8-9,11-12H2,1-2H3. The zero-order valence-corrected chi connectivity index (χ0v) is 13.4. The van der Waals surface area contributed by atoms with E-state index in [0.29, 0.717) is 19.7 Å². The zero-order valence-electron chi connectivity index (χ0n) is 13.4. The molecule has 0 aromatic carbocycles. The van der Waals surface area contributed by atoms with Crippen LogP contribution in [0.2, 0.25) is 0 Å². The molecule has 7 heteroatoms. The Morgan fingerprint density at radius 2 is 2.30 bits per heavy atom. The summed E-state index contributed by atoms with van der Waals surface area (Å²) >= 11 is 0. The van der Waals surface area contributed by atoms with E-state index in [9.17, 15) is 4.79 Å². The van der Waals surface area contributed by atoms with Crippen LogP contribution < -0.4 is 4.90 Å². The van der Waals surface area contributed by atoms with Gasteiger partial charge < -0.3 is 14.5 Å². The van der Waals surface area contributed by atoms with Crippen molar-refractivity contribution in [1.29, 1.82) is 0 Å². The number of amides is 1. The normalized spacial score (nSPS) is 18.0. The summed E-state index contributed by atoms with van der Waals surface area (Å²) in [5.41, 5.74) is 1.89. The van der Waals surface area contributed by atoms with Gasteiger partial charge in [-0.25, -0.2) is 0 Å². The van der Waals surface area contributed by atoms with Crippen LogP contribution in [0.3, 0.4) is 0 Å². The van der Waals surface area contributed by atoms with E-state index < -0.39 is 0 Å². The molecule has 1 fully saturated rings. The smallest absolute Gasteiger partial charge is 0.244 e. The highest BCUT2D eigenvalue weighted by molar-refractivity contribution is 5.76. The van der Waals surface area contributed by atoms with Crippen LogP contribution in [0.15, 0.2) is 36.8 Å². The summed E-state index contributed by atoms with van der Waals surface area (Å²) in [5, 5.41) is 4.08.